The maximum atomic E-state index is 10.8. The molecule has 0 unspecified atom stereocenters. The lowest BCUT2D eigenvalue weighted by atomic mass is 10.3. The van der Waals surface area contributed by atoms with Gasteiger partial charge in [-0.25, -0.2) is 4.79 Å². The predicted molar refractivity (Wildman–Crippen MR) is 48.7 cm³/mol. The van der Waals surface area contributed by atoms with Crippen LogP contribution in [0.5, 0.6) is 0 Å². The fourth-order valence-electron chi connectivity index (χ4n) is 0.445. The van der Waals surface area contributed by atoms with E-state index < -0.39 is 17.8 Å². The molecule has 14 heavy (non-hydrogen) atoms. The Morgan fingerprint density at radius 1 is 1.29 bits per heavy atom. The van der Waals surface area contributed by atoms with Crippen LogP contribution in [-0.2, 0) is 9.59 Å². The van der Waals surface area contributed by atoms with Crippen LogP contribution in [0.3, 0.4) is 0 Å². The molecule has 4 amide bonds. The molecule has 5 N–H and O–H groups in total. The lowest BCUT2D eigenvalue weighted by molar-refractivity contribution is -0.126. The molecule has 0 fully saturated rings. The Labute approximate surface area is 80.7 Å². The molecule has 0 saturated carbocycles. The molecular weight excluding hydrogens is 188 g/mol. The Kier molecular flexibility index (Phi) is 4.76. The van der Waals surface area contributed by atoms with E-state index in [1.54, 1.807) is 0 Å². The first-order chi connectivity index (χ1) is 6.43. The summed E-state index contributed by atoms with van der Waals surface area (Å²) in [5, 5.41) is 2.05. The van der Waals surface area contributed by atoms with Crippen LogP contribution in [0.25, 0.3) is 0 Å². The molecule has 0 aliphatic heterocycles. The van der Waals surface area contributed by atoms with Gasteiger partial charge in [-0.1, -0.05) is 6.58 Å². The molecule has 0 bridgehead atoms. The Balaban J connectivity index is 3.69. The number of hydrogen-bond donors (Lipinski definition) is 4. The first-order valence-electron chi connectivity index (χ1n) is 3.71. The molecule has 0 aliphatic carbocycles. The second-order valence-corrected chi connectivity index (χ2v) is 2.50. The Morgan fingerprint density at radius 2 is 1.86 bits per heavy atom. The molecule has 0 rings (SSSR count). The smallest absolute Gasteiger partial charge is 0.312 e. The van der Waals surface area contributed by atoms with Crippen molar-refractivity contribution in [2.45, 2.75) is 6.92 Å². The second-order valence-electron chi connectivity index (χ2n) is 2.50. The van der Waals surface area contributed by atoms with Gasteiger partial charge in [-0.15, -0.1) is 0 Å². The van der Waals surface area contributed by atoms with E-state index in [4.69, 9.17) is 5.73 Å². The second kappa shape index (κ2) is 5.57. The summed E-state index contributed by atoms with van der Waals surface area (Å²) in [5.74, 6) is -1.09. The monoisotopic (exact) mass is 200 g/mol. The van der Waals surface area contributed by atoms with Crippen LogP contribution in [0.2, 0.25) is 0 Å². The SMILES string of the molecule is C=C(C)C(=O)NNC(=O)CNC(N)=O. The number of amides is 4. The lowest BCUT2D eigenvalue weighted by Crippen LogP contribution is -2.47. The van der Waals surface area contributed by atoms with E-state index in [9.17, 15) is 14.4 Å². The third-order valence-corrected chi connectivity index (χ3v) is 1.13. The molecule has 78 valence electrons. The highest BCUT2D eigenvalue weighted by atomic mass is 16.2. The Bertz CT molecular complexity index is 274. The average molecular weight is 200 g/mol. The molecular formula is C7H12N4O3. The van der Waals surface area contributed by atoms with Crippen LogP contribution < -0.4 is 21.9 Å². The number of hydrazine groups is 1. The van der Waals surface area contributed by atoms with Crippen molar-refractivity contribution in [3.8, 4) is 0 Å². The van der Waals surface area contributed by atoms with Crippen LogP contribution in [0.1, 0.15) is 6.92 Å². The number of nitrogens with two attached hydrogens (primary N) is 1. The molecule has 0 aromatic heterocycles. The Hall–Kier alpha value is -2.05. The van der Waals surface area contributed by atoms with Crippen molar-refractivity contribution in [3.63, 3.8) is 0 Å². The largest absolute Gasteiger partial charge is 0.352 e. The van der Waals surface area contributed by atoms with Crippen LogP contribution in [0, 0.1) is 0 Å². The van der Waals surface area contributed by atoms with Crippen LogP contribution in [-0.4, -0.2) is 24.4 Å². The summed E-state index contributed by atoms with van der Waals surface area (Å²) in [6, 6.07) is -0.814. The van der Waals surface area contributed by atoms with E-state index in [0.717, 1.165) is 0 Å². The molecule has 0 atom stereocenters. The Morgan fingerprint density at radius 3 is 2.29 bits per heavy atom. The number of carbonyl (C=O) groups is 3. The van der Waals surface area contributed by atoms with Gasteiger partial charge in [-0.3, -0.25) is 20.4 Å². The number of carbonyl (C=O) groups excluding carboxylic acids is 3. The quantitative estimate of drug-likeness (QED) is 0.324. The summed E-state index contributed by atoms with van der Waals surface area (Å²) in [7, 11) is 0. The van der Waals surface area contributed by atoms with E-state index in [1.807, 2.05) is 5.43 Å². The molecule has 0 spiro atoms. The van der Waals surface area contributed by atoms with Crippen molar-refractivity contribution in [1.29, 1.82) is 0 Å². The van der Waals surface area contributed by atoms with Gasteiger partial charge in [-0.2, -0.15) is 0 Å². The fourth-order valence-corrected chi connectivity index (χ4v) is 0.445. The van der Waals surface area contributed by atoms with Crippen molar-refractivity contribution in [1.82, 2.24) is 16.2 Å². The minimum Gasteiger partial charge on any atom is -0.352 e. The van der Waals surface area contributed by atoms with Crippen LogP contribution >= 0.6 is 0 Å². The van der Waals surface area contributed by atoms with Gasteiger partial charge in [0, 0.05) is 5.57 Å². The fraction of sp³-hybridized carbons (Fsp3) is 0.286. The number of urea groups is 1. The minimum atomic E-state index is -0.814. The van der Waals surface area contributed by atoms with Gasteiger partial charge in [0.1, 0.15) is 6.54 Å². The van der Waals surface area contributed by atoms with E-state index in [2.05, 4.69) is 17.3 Å². The van der Waals surface area contributed by atoms with Gasteiger partial charge in [0.05, 0.1) is 0 Å². The molecule has 0 radical (unpaired) electrons. The van der Waals surface area contributed by atoms with E-state index in [0.29, 0.717) is 0 Å². The highest BCUT2D eigenvalue weighted by Gasteiger charge is 2.04. The van der Waals surface area contributed by atoms with Gasteiger partial charge in [0.15, 0.2) is 0 Å². The van der Waals surface area contributed by atoms with Gasteiger partial charge >= 0.3 is 6.03 Å². The molecule has 0 saturated heterocycles. The summed E-state index contributed by atoms with van der Waals surface area (Å²) in [4.78, 5) is 31.9. The van der Waals surface area contributed by atoms with Crippen molar-refractivity contribution in [2.75, 3.05) is 6.54 Å². The number of primary amides is 1. The van der Waals surface area contributed by atoms with E-state index in [1.165, 1.54) is 6.92 Å². The number of nitrogens with one attached hydrogen (secondary N) is 3. The van der Waals surface area contributed by atoms with E-state index in [-0.39, 0.29) is 12.1 Å². The van der Waals surface area contributed by atoms with Crippen molar-refractivity contribution >= 4 is 17.8 Å². The van der Waals surface area contributed by atoms with Gasteiger partial charge in [-0.05, 0) is 6.92 Å². The zero-order valence-corrected chi connectivity index (χ0v) is 7.72. The minimum absolute atomic E-state index is 0.258. The topological polar surface area (TPSA) is 113 Å². The molecule has 7 nitrogen and oxygen atoms in total. The van der Waals surface area contributed by atoms with Crippen LogP contribution in [0.4, 0.5) is 4.79 Å². The standard InChI is InChI=1S/C7H12N4O3/c1-4(2)6(13)11-10-5(12)3-9-7(8)14/h1,3H2,2H3,(H,10,12)(H,11,13)(H3,8,9,14). The maximum Gasteiger partial charge on any atom is 0.312 e. The molecule has 0 aromatic rings. The third kappa shape index (κ3) is 5.58. The zero-order valence-electron chi connectivity index (χ0n) is 7.72. The summed E-state index contributed by atoms with van der Waals surface area (Å²) >= 11 is 0. The molecule has 0 heterocycles. The van der Waals surface area contributed by atoms with Crippen molar-refractivity contribution < 1.29 is 14.4 Å². The first kappa shape index (κ1) is 11.9. The summed E-state index contributed by atoms with van der Waals surface area (Å²) < 4.78 is 0. The maximum absolute atomic E-state index is 10.8. The molecule has 0 aliphatic rings. The lowest BCUT2D eigenvalue weighted by Gasteiger charge is -2.06. The third-order valence-electron chi connectivity index (χ3n) is 1.13. The van der Waals surface area contributed by atoms with Crippen LogP contribution in [0.15, 0.2) is 12.2 Å². The summed E-state index contributed by atoms with van der Waals surface area (Å²) in [6.07, 6.45) is 0. The highest BCUT2D eigenvalue weighted by molar-refractivity contribution is 5.94. The zero-order chi connectivity index (χ0) is 11.1. The van der Waals surface area contributed by atoms with E-state index >= 15 is 0 Å². The number of hydrogen-bond acceptors (Lipinski definition) is 3. The first-order valence-corrected chi connectivity index (χ1v) is 3.71. The van der Waals surface area contributed by atoms with Crippen molar-refractivity contribution in [3.05, 3.63) is 12.2 Å². The van der Waals surface area contributed by atoms with Gasteiger partial charge < -0.3 is 11.1 Å². The normalized spacial score (nSPS) is 8.64. The highest BCUT2D eigenvalue weighted by Crippen LogP contribution is 1.82. The van der Waals surface area contributed by atoms with Gasteiger partial charge in [0.2, 0.25) is 0 Å². The van der Waals surface area contributed by atoms with Crippen molar-refractivity contribution in [2.24, 2.45) is 5.73 Å². The number of rotatable bonds is 3. The predicted octanol–water partition coefficient (Wildman–Crippen LogP) is -1.62. The summed E-state index contributed by atoms with van der Waals surface area (Å²) in [6.45, 7) is 4.54. The average Bonchev–Trinajstić information content (AvgIpc) is 2.10. The summed E-state index contributed by atoms with van der Waals surface area (Å²) in [5.41, 5.74) is 9.10. The molecule has 7 heteroatoms. The molecule has 0 aromatic carbocycles. The van der Waals surface area contributed by atoms with Gasteiger partial charge in [0.25, 0.3) is 11.8 Å².